The summed E-state index contributed by atoms with van der Waals surface area (Å²) < 4.78 is 37.6. The Hall–Kier alpha value is -2.80. The van der Waals surface area contributed by atoms with E-state index in [2.05, 4.69) is 12.2 Å². The summed E-state index contributed by atoms with van der Waals surface area (Å²) >= 11 is 0. The molecule has 0 aliphatic rings. The minimum atomic E-state index is -3.95. The smallest absolute Gasteiger partial charge is 0.373 e. The van der Waals surface area contributed by atoms with Gasteiger partial charge in [0.15, 0.2) is 0 Å². The molecule has 0 saturated carbocycles. The molecule has 0 spiro atoms. The van der Waals surface area contributed by atoms with E-state index in [1.54, 1.807) is 0 Å². The largest absolute Gasteiger partial charge is 0.475 e. The van der Waals surface area contributed by atoms with Crippen LogP contribution in [0.1, 0.15) is 114 Å². The van der Waals surface area contributed by atoms with Crippen molar-refractivity contribution in [1.29, 1.82) is 0 Å². The zero-order valence-corrected chi connectivity index (χ0v) is 30.1. The van der Waals surface area contributed by atoms with Crippen molar-refractivity contribution in [1.82, 2.24) is 5.32 Å². The summed E-state index contributed by atoms with van der Waals surface area (Å²) in [5, 5.41) is 3.13. The zero-order valence-electron chi connectivity index (χ0n) is 29.2. The molecular weight excluding hydrogens is 621 g/mol. The van der Waals surface area contributed by atoms with E-state index in [0.717, 1.165) is 42.4 Å². The summed E-state index contributed by atoms with van der Waals surface area (Å²) in [5.41, 5.74) is 2.81. The summed E-state index contributed by atoms with van der Waals surface area (Å²) in [7, 11) is -3.95. The topological polar surface area (TPSA) is 83.1 Å². The Bertz CT molecular complexity index is 1230. The van der Waals surface area contributed by atoms with Crippen molar-refractivity contribution in [2.45, 2.75) is 129 Å². The van der Waals surface area contributed by atoms with E-state index in [0.29, 0.717) is 13.0 Å². The molecule has 3 aromatic rings. The van der Waals surface area contributed by atoms with Gasteiger partial charge in [-0.05, 0) is 29.5 Å². The second-order valence-electron chi connectivity index (χ2n) is 12.6. The van der Waals surface area contributed by atoms with Gasteiger partial charge in [0.25, 0.3) is 0 Å². The van der Waals surface area contributed by atoms with Crippen LogP contribution in [0.15, 0.2) is 91.0 Å². The number of phosphoric ester groups is 1. The molecule has 3 aromatic carbocycles. The lowest BCUT2D eigenvalue weighted by molar-refractivity contribution is -0.125. The van der Waals surface area contributed by atoms with E-state index in [1.165, 1.54) is 44.9 Å². The molecule has 7 nitrogen and oxygen atoms in total. The number of hydrogen-bond acceptors (Lipinski definition) is 6. The number of hydrogen-bond donors (Lipinski definition) is 1. The second-order valence-corrected chi connectivity index (χ2v) is 14.2. The first kappa shape index (κ1) is 39.6. The highest BCUT2D eigenvalue weighted by Gasteiger charge is 2.29. The molecule has 2 atom stereocenters. The predicted molar refractivity (Wildman–Crippen MR) is 194 cm³/mol. The van der Waals surface area contributed by atoms with Crippen LogP contribution in [0.3, 0.4) is 0 Å². The predicted octanol–water partition coefficient (Wildman–Crippen LogP) is 10.7. The fraction of sp³-hybridized carbons (Fsp3) is 0.525. The van der Waals surface area contributed by atoms with E-state index in [4.69, 9.17) is 18.3 Å². The maximum Gasteiger partial charge on any atom is 0.475 e. The van der Waals surface area contributed by atoms with E-state index in [9.17, 15) is 9.36 Å². The van der Waals surface area contributed by atoms with Crippen LogP contribution in [0.4, 0.5) is 0 Å². The van der Waals surface area contributed by atoms with Crippen molar-refractivity contribution < 1.29 is 27.7 Å². The van der Waals surface area contributed by atoms with Crippen molar-refractivity contribution in [2.75, 3.05) is 6.61 Å². The number of benzene rings is 3. The molecule has 0 heterocycles. The van der Waals surface area contributed by atoms with Crippen LogP contribution in [0.25, 0.3) is 0 Å². The molecule has 48 heavy (non-hydrogen) atoms. The molecule has 1 amide bonds. The van der Waals surface area contributed by atoms with Gasteiger partial charge in [0.1, 0.15) is 0 Å². The Labute approximate surface area is 289 Å². The van der Waals surface area contributed by atoms with E-state index < -0.39 is 7.82 Å². The van der Waals surface area contributed by atoms with Crippen molar-refractivity contribution in [3.05, 3.63) is 108 Å². The average molecular weight is 680 g/mol. The molecule has 0 saturated heterocycles. The highest BCUT2D eigenvalue weighted by molar-refractivity contribution is 7.48. The maximum atomic E-state index is 13.8. The van der Waals surface area contributed by atoms with Crippen molar-refractivity contribution >= 4 is 13.7 Å². The van der Waals surface area contributed by atoms with Crippen LogP contribution >= 0.6 is 7.82 Å². The first-order valence-electron chi connectivity index (χ1n) is 18.1. The summed E-state index contributed by atoms with van der Waals surface area (Å²) in [6.45, 7) is 4.94. The lowest BCUT2D eigenvalue weighted by Gasteiger charge is -2.24. The number of ether oxygens (including phenoxy) is 1. The number of phosphoric acid groups is 1. The maximum absolute atomic E-state index is 13.8. The van der Waals surface area contributed by atoms with Gasteiger partial charge in [0.05, 0.1) is 45.0 Å². The zero-order chi connectivity index (χ0) is 34.1. The van der Waals surface area contributed by atoms with Crippen LogP contribution in [0.2, 0.25) is 0 Å². The Morgan fingerprint density at radius 3 is 1.58 bits per heavy atom. The first-order chi connectivity index (χ1) is 23.5. The number of rotatable bonds is 27. The molecule has 0 unspecified atom stereocenters. The van der Waals surface area contributed by atoms with Gasteiger partial charge in [-0.3, -0.25) is 18.4 Å². The molecule has 0 bridgehead atoms. The van der Waals surface area contributed by atoms with Gasteiger partial charge in [-0.25, -0.2) is 4.57 Å². The van der Waals surface area contributed by atoms with Crippen LogP contribution < -0.4 is 5.32 Å². The summed E-state index contributed by atoms with van der Waals surface area (Å²) in [5.74, 6) is -0.101. The third-order valence-electron chi connectivity index (χ3n) is 8.27. The van der Waals surface area contributed by atoms with E-state index in [1.807, 2.05) is 97.9 Å². The highest BCUT2D eigenvalue weighted by Crippen LogP contribution is 2.51. The number of nitrogens with one attached hydrogen (secondary N) is 1. The van der Waals surface area contributed by atoms with Gasteiger partial charge >= 0.3 is 7.82 Å². The molecule has 0 aliphatic heterocycles. The van der Waals surface area contributed by atoms with Gasteiger partial charge in [0, 0.05) is 0 Å². The van der Waals surface area contributed by atoms with E-state index in [-0.39, 0.29) is 44.3 Å². The van der Waals surface area contributed by atoms with Crippen LogP contribution in [0, 0.1) is 0 Å². The molecule has 264 valence electrons. The molecule has 0 fully saturated rings. The third-order valence-corrected chi connectivity index (χ3v) is 9.63. The van der Waals surface area contributed by atoms with Gasteiger partial charge in [-0.15, -0.1) is 0 Å². The van der Waals surface area contributed by atoms with Gasteiger partial charge in [-0.2, -0.15) is 0 Å². The number of carbonyl (C=O) groups excluding carboxylic acids is 1. The second kappa shape index (κ2) is 24.4. The highest BCUT2D eigenvalue weighted by atomic mass is 31.2. The monoisotopic (exact) mass is 679 g/mol. The van der Waals surface area contributed by atoms with Gasteiger partial charge < -0.3 is 10.1 Å². The van der Waals surface area contributed by atoms with Crippen molar-refractivity contribution in [2.24, 2.45) is 0 Å². The molecular formula is C40H58NO6P. The quantitative estimate of drug-likeness (QED) is 0.0638. The van der Waals surface area contributed by atoms with Crippen LogP contribution in [-0.4, -0.2) is 24.7 Å². The van der Waals surface area contributed by atoms with Crippen LogP contribution in [0.5, 0.6) is 0 Å². The molecule has 0 radical (unpaired) electrons. The molecule has 1 N–H and O–H groups in total. The fourth-order valence-corrected chi connectivity index (χ4v) is 6.70. The lowest BCUT2D eigenvalue weighted by Crippen LogP contribution is -2.39. The SMILES string of the molecule is CCCCCCCCCCC[C@H](CC(=O)N[C@H](CCC)COP(=O)(OCc1ccccc1)OCc1ccccc1)OCc1ccccc1. The van der Waals surface area contributed by atoms with E-state index >= 15 is 0 Å². The molecule has 0 aromatic heterocycles. The standard InChI is InChI=1S/C40H58NO6P/c1-3-5-6-7-8-9-10-11-21-29-39(44-31-35-23-15-12-16-24-35)30-40(42)41-38(22-4-2)34-47-48(43,45-32-36-25-17-13-18-26-36)46-33-37-27-19-14-20-28-37/h12-20,23-28,38-39H,3-11,21-22,29-34H2,1-2H3,(H,41,42)/t38-,39-/m1/s1. The molecule has 8 heteroatoms. The third kappa shape index (κ3) is 17.6. The Kier molecular flexibility index (Phi) is 20.1. The van der Waals surface area contributed by atoms with Crippen molar-refractivity contribution in [3.63, 3.8) is 0 Å². The normalized spacial score (nSPS) is 12.9. The minimum Gasteiger partial charge on any atom is -0.373 e. The lowest BCUT2D eigenvalue weighted by atomic mass is 10.0. The fourth-order valence-electron chi connectivity index (χ4n) is 5.50. The first-order valence-corrected chi connectivity index (χ1v) is 19.5. The number of carbonyl (C=O) groups is 1. The number of unbranched alkanes of at least 4 members (excludes halogenated alkanes) is 8. The average Bonchev–Trinajstić information content (AvgIpc) is 3.12. The Balaban J connectivity index is 1.55. The van der Waals surface area contributed by atoms with Crippen molar-refractivity contribution in [3.8, 4) is 0 Å². The van der Waals surface area contributed by atoms with Gasteiger partial charge in [0.2, 0.25) is 5.91 Å². The number of amides is 1. The molecule has 0 aliphatic carbocycles. The minimum absolute atomic E-state index is 0.00817. The summed E-state index contributed by atoms with van der Waals surface area (Å²) in [4.78, 5) is 13.4. The molecule has 3 rings (SSSR count). The summed E-state index contributed by atoms with van der Waals surface area (Å²) in [6.07, 6.45) is 13.6. The van der Waals surface area contributed by atoms with Gasteiger partial charge in [-0.1, -0.05) is 169 Å². The van der Waals surface area contributed by atoms with Crippen LogP contribution in [-0.2, 0) is 47.5 Å². The summed E-state index contributed by atoms with van der Waals surface area (Å²) in [6, 6.07) is 28.7. The Morgan fingerprint density at radius 1 is 0.604 bits per heavy atom. The Morgan fingerprint density at radius 2 is 1.08 bits per heavy atom.